The zero-order chi connectivity index (χ0) is 13.9. The van der Waals surface area contributed by atoms with Gasteiger partial charge in [0.25, 0.3) is 0 Å². The van der Waals surface area contributed by atoms with Crippen LogP contribution >= 0.6 is 11.8 Å². The zero-order valence-electron chi connectivity index (χ0n) is 10.7. The third kappa shape index (κ3) is 4.53. The number of halogens is 3. The topological polar surface area (TPSA) is 26.0 Å². The molecule has 0 aromatic heterocycles. The molecule has 2 N–H and O–H groups in total. The summed E-state index contributed by atoms with van der Waals surface area (Å²) >= 11 is 0.857. The molecule has 0 saturated carbocycles. The first kappa shape index (κ1) is 15.4. The van der Waals surface area contributed by atoms with E-state index in [9.17, 15) is 13.2 Å². The van der Waals surface area contributed by atoms with E-state index in [2.05, 4.69) is 0 Å². The van der Waals surface area contributed by atoms with Crippen LogP contribution in [0.25, 0.3) is 0 Å². The van der Waals surface area contributed by atoms with Crippen molar-refractivity contribution in [3.05, 3.63) is 34.9 Å². The van der Waals surface area contributed by atoms with Crippen molar-refractivity contribution in [1.29, 1.82) is 0 Å². The molecule has 0 amide bonds. The molecular weight excluding hydrogens is 259 g/mol. The Kier molecular flexibility index (Phi) is 5.10. The van der Waals surface area contributed by atoms with Gasteiger partial charge in [0.15, 0.2) is 0 Å². The predicted molar refractivity (Wildman–Crippen MR) is 70.7 cm³/mol. The number of nitrogens with two attached hydrogens (primary N) is 1. The van der Waals surface area contributed by atoms with Gasteiger partial charge in [0, 0.05) is 11.8 Å². The summed E-state index contributed by atoms with van der Waals surface area (Å²) in [4.78, 5) is 0. The zero-order valence-corrected chi connectivity index (χ0v) is 11.5. The molecule has 1 aromatic rings. The number of hydrogen-bond acceptors (Lipinski definition) is 2. The lowest BCUT2D eigenvalue weighted by molar-refractivity contribution is -0.131. The molecule has 18 heavy (non-hydrogen) atoms. The molecule has 0 aliphatic carbocycles. The van der Waals surface area contributed by atoms with Crippen molar-refractivity contribution >= 4 is 11.8 Å². The van der Waals surface area contributed by atoms with E-state index in [4.69, 9.17) is 5.73 Å². The van der Waals surface area contributed by atoms with Crippen LogP contribution in [-0.2, 0) is 5.75 Å². The van der Waals surface area contributed by atoms with Gasteiger partial charge >= 0.3 is 6.18 Å². The van der Waals surface area contributed by atoms with Crippen molar-refractivity contribution in [2.24, 2.45) is 5.73 Å². The van der Waals surface area contributed by atoms with Gasteiger partial charge in [0.05, 0.1) is 0 Å². The SMILES string of the molecule is Cc1cc(C)cc(CSC(C(C)N)C(F)(F)F)c1. The summed E-state index contributed by atoms with van der Waals surface area (Å²) in [6, 6.07) is 4.92. The molecule has 2 unspecified atom stereocenters. The van der Waals surface area contributed by atoms with Crippen LogP contribution in [0.2, 0.25) is 0 Å². The Morgan fingerprint density at radius 2 is 1.67 bits per heavy atom. The lowest BCUT2D eigenvalue weighted by Gasteiger charge is -2.23. The third-order valence-electron chi connectivity index (χ3n) is 2.51. The van der Waals surface area contributed by atoms with Crippen molar-refractivity contribution < 1.29 is 13.2 Å². The molecule has 1 nitrogen and oxygen atoms in total. The maximum absolute atomic E-state index is 12.7. The van der Waals surface area contributed by atoms with Gasteiger partial charge in [-0.25, -0.2) is 0 Å². The minimum Gasteiger partial charge on any atom is -0.327 e. The molecule has 0 fully saturated rings. The molecular formula is C13H18F3NS. The molecule has 5 heteroatoms. The van der Waals surface area contributed by atoms with Gasteiger partial charge in [-0.1, -0.05) is 29.3 Å². The molecule has 0 saturated heterocycles. The summed E-state index contributed by atoms with van der Waals surface area (Å²) in [6.45, 7) is 5.27. The molecule has 0 radical (unpaired) electrons. The monoisotopic (exact) mass is 277 g/mol. The summed E-state index contributed by atoms with van der Waals surface area (Å²) in [5.74, 6) is 0.328. The van der Waals surface area contributed by atoms with Gasteiger partial charge in [-0.3, -0.25) is 0 Å². The lowest BCUT2D eigenvalue weighted by Crippen LogP contribution is -2.40. The van der Waals surface area contributed by atoms with E-state index in [1.807, 2.05) is 32.0 Å². The average molecular weight is 277 g/mol. The smallest absolute Gasteiger partial charge is 0.327 e. The van der Waals surface area contributed by atoms with Crippen LogP contribution in [0.3, 0.4) is 0 Å². The summed E-state index contributed by atoms with van der Waals surface area (Å²) in [5, 5.41) is -1.52. The van der Waals surface area contributed by atoms with E-state index in [1.54, 1.807) is 0 Å². The van der Waals surface area contributed by atoms with Gasteiger partial charge in [-0.2, -0.15) is 13.2 Å². The van der Waals surface area contributed by atoms with Crippen molar-refractivity contribution in [3.8, 4) is 0 Å². The summed E-state index contributed by atoms with van der Waals surface area (Å²) in [7, 11) is 0. The number of alkyl halides is 3. The van der Waals surface area contributed by atoms with Crippen molar-refractivity contribution in [1.82, 2.24) is 0 Å². The first-order valence-corrected chi connectivity index (χ1v) is 6.76. The average Bonchev–Trinajstić information content (AvgIpc) is 2.12. The molecule has 0 heterocycles. The van der Waals surface area contributed by atoms with E-state index in [-0.39, 0.29) is 0 Å². The standard InChI is InChI=1S/C13H18F3NS/c1-8-4-9(2)6-11(5-8)7-18-12(10(3)17)13(14,15)16/h4-6,10,12H,7,17H2,1-3H3. The van der Waals surface area contributed by atoms with Gasteiger partial charge in [0.1, 0.15) is 5.25 Å². The number of benzene rings is 1. The summed E-state index contributed by atoms with van der Waals surface area (Å²) in [6.07, 6.45) is -4.25. The molecule has 0 spiro atoms. The van der Waals surface area contributed by atoms with Crippen LogP contribution < -0.4 is 5.73 Å². The largest absolute Gasteiger partial charge is 0.402 e. The van der Waals surface area contributed by atoms with Crippen LogP contribution in [0.4, 0.5) is 13.2 Å². The molecule has 0 aliphatic rings. The Bertz CT molecular complexity index is 381. The first-order valence-electron chi connectivity index (χ1n) is 5.71. The first-order chi connectivity index (χ1) is 8.20. The molecule has 102 valence electrons. The predicted octanol–water partition coefficient (Wildman–Crippen LogP) is 3.81. The third-order valence-corrected chi connectivity index (χ3v) is 4.07. The highest BCUT2D eigenvalue weighted by Gasteiger charge is 2.42. The van der Waals surface area contributed by atoms with Crippen molar-refractivity contribution in [3.63, 3.8) is 0 Å². The highest BCUT2D eigenvalue weighted by Crippen LogP contribution is 2.34. The molecule has 0 bridgehead atoms. The lowest BCUT2D eigenvalue weighted by atomic mass is 10.1. The fourth-order valence-corrected chi connectivity index (χ4v) is 2.91. The van der Waals surface area contributed by atoms with Crippen molar-refractivity contribution in [2.75, 3.05) is 0 Å². The van der Waals surface area contributed by atoms with Crippen LogP contribution in [0.5, 0.6) is 0 Å². The van der Waals surface area contributed by atoms with Gasteiger partial charge in [-0.15, -0.1) is 11.8 Å². The molecule has 1 rings (SSSR count). The number of rotatable bonds is 4. The second-order valence-corrected chi connectivity index (χ2v) is 5.76. The quantitative estimate of drug-likeness (QED) is 0.905. The minimum atomic E-state index is -4.25. The van der Waals surface area contributed by atoms with E-state index in [1.165, 1.54) is 6.92 Å². The summed E-state index contributed by atoms with van der Waals surface area (Å²) in [5.41, 5.74) is 8.45. The number of hydrogen-bond donors (Lipinski definition) is 1. The van der Waals surface area contributed by atoms with Crippen LogP contribution in [0.1, 0.15) is 23.6 Å². The van der Waals surface area contributed by atoms with E-state index in [0.29, 0.717) is 5.75 Å². The van der Waals surface area contributed by atoms with Gasteiger partial charge in [0.2, 0.25) is 0 Å². The minimum absolute atomic E-state index is 0.328. The Morgan fingerprint density at radius 3 is 2.06 bits per heavy atom. The van der Waals surface area contributed by atoms with E-state index in [0.717, 1.165) is 28.5 Å². The van der Waals surface area contributed by atoms with Crippen LogP contribution in [0.15, 0.2) is 18.2 Å². The Hall–Kier alpha value is -0.680. The molecule has 1 aromatic carbocycles. The normalized spacial score (nSPS) is 15.5. The highest BCUT2D eigenvalue weighted by molar-refractivity contribution is 7.99. The number of aryl methyl sites for hydroxylation is 2. The maximum Gasteiger partial charge on any atom is 0.402 e. The molecule has 0 aliphatic heterocycles. The van der Waals surface area contributed by atoms with E-state index >= 15 is 0 Å². The highest BCUT2D eigenvalue weighted by atomic mass is 32.2. The molecule has 2 atom stereocenters. The second-order valence-electron chi connectivity index (χ2n) is 4.63. The fraction of sp³-hybridized carbons (Fsp3) is 0.538. The Labute approximate surface area is 110 Å². The van der Waals surface area contributed by atoms with Gasteiger partial charge in [-0.05, 0) is 26.3 Å². The second kappa shape index (κ2) is 5.97. The fourth-order valence-electron chi connectivity index (χ4n) is 1.88. The van der Waals surface area contributed by atoms with Gasteiger partial charge < -0.3 is 5.73 Å². The Balaban J connectivity index is 2.73. The maximum atomic E-state index is 12.7. The van der Waals surface area contributed by atoms with E-state index < -0.39 is 17.5 Å². The van der Waals surface area contributed by atoms with Crippen molar-refractivity contribution in [2.45, 2.75) is 44.0 Å². The van der Waals surface area contributed by atoms with Crippen LogP contribution in [0, 0.1) is 13.8 Å². The number of thioether (sulfide) groups is 1. The van der Waals surface area contributed by atoms with Crippen LogP contribution in [-0.4, -0.2) is 17.5 Å². The summed E-state index contributed by atoms with van der Waals surface area (Å²) < 4.78 is 38.2. The Morgan fingerprint density at radius 1 is 1.17 bits per heavy atom.